The van der Waals surface area contributed by atoms with Crippen molar-refractivity contribution in [3.8, 4) is 0 Å². The number of rotatable bonds is 4. The first-order chi connectivity index (χ1) is 10.2. The van der Waals surface area contributed by atoms with Gasteiger partial charge in [-0.1, -0.05) is 48.5 Å². The number of aryl methyl sites for hydroxylation is 2. The maximum absolute atomic E-state index is 4.80. The minimum absolute atomic E-state index is 0.616. The van der Waals surface area contributed by atoms with Crippen LogP contribution in [0.4, 0.5) is 0 Å². The molecule has 0 spiro atoms. The van der Waals surface area contributed by atoms with Crippen molar-refractivity contribution in [2.75, 3.05) is 6.54 Å². The van der Waals surface area contributed by atoms with Crippen molar-refractivity contribution in [3.63, 3.8) is 0 Å². The van der Waals surface area contributed by atoms with Crippen molar-refractivity contribution in [1.29, 1.82) is 0 Å². The van der Waals surface area contributed by atoms with E-state index in [1.807, 2.05) is 0 Å². The molecule has 0 radical (unpaired) electrons. The van der Waals surface area contributed by atoms with Crippen molar-refractivity contribution < 1.29 is 0 Å². The highest BCUT2D eigenvalue weighted by molar-refractivity contribution is 5.90. The van der Waals surface area contributed by atoms with Crippen LogP contribution in [0.5, 0.6) is 0 Å². The van der Waals surface area contributed by atoms with E-state index >= 15 is 0 Å². The average molecular weight is 277 g/mol. The zero-order valence-corrected chi connectivity index (χ0v) is 13.0. The first kappa shape index (κ1) is 14.1. The minimum atomic E-state index is 0.616. The highest BCUT2D eigenvalue weighted by Crippen LogP contribution is 2.24. The first-order valence-corrected chi connectivity index (χ1v) is 7.86. The largest absolute Gasteiger partial charge is 0.293 e. The maximum atomic E-state index is 4.80. The summed E-state index contributed by atoms with van der Waals surface area (Å²) in [5.74, 6) is 0.616. The predicted molar refractivity (Wildman–Crippen MR) is 90.2 cm³/mol. The molecule has 1 unspecified atom stereocenters. The van der Waals surface area contributed by atoms with Crippen LogP contribution in [0.2, 0.25) is 0 Å². The van der Waals surface area contributed by atoms with E-state index in [9.17, 15) is 0 Å². The molecule has 1 aliphatic rings. The van der Waals surface area contributed by atoms with Gasteiger partial charge < -0.3 is 0 Å². The zero-order valence-electron chi connectivity index (χ0n) is 13.0. The molecule has 0 amide bonds. The lowest BCUT2D eigenvalue weighted by Gasteiger charge is -2.15. The highest BCUT2D eigenvalue weighted by Gasteiger charge is 2.22. The molecule has 0 aliphatic carbocycles. The lowest BCUT2D eigenvalue weighted by Crippen LogP contribution is -2.16. The third kappa shape index (κ3) is 3.24. The molecule has 1 heterocycles. The number of hydrogen-bond donors (Lipinski definition) is 0. The van der Waals surface area contributed by atoms with Gasteiger partial charge in [-0.3, -0.25) is 4.99 Å². The molecule has 0 fully saturated rings. The molecule has 2 aromatic rings. The van der Waals surface area contributed by atoms with Gasteiger partial charge in [-0.15, -0.1) is 0 Å². The molecule has 1 nitrogen and oxygen atoms in total. The third-order valence-corrected chi connectivity index (χ3v) is 4.62. The molecular weight excluding hydrogens is 254 g/mol. The standard InChI is InChI=1S/C20H23N/c1-15-7-3-5-9-17(15)13-19-11-12-21-20(19)14-18-10-6-4-8-16(18)2/h3-10,19H,11-14H2,1-2H3. The molecule has 21 heavy (non-hydrogen) atoms. The molecular formula is C20H23N. The van der Waals surface area contributed by atoms with Gasteiger partial charge in [0.05, 0.1) is 0 Å². The molecule has 0 bridgehead atoms. The Bertz CT molecular complexity index is 654. The van der Waals surface area contributed by atoms with Gasteiger partial charge in [0.1, 0.15) is 0 Å². The third-order valence-electron chi connectivity index (χ3n) is 4.62. The molecule has 1 atom stereocenters. The van der Waals surface area contributed by atoms with E-state index in [1.54, 1.807) is 0 Å². The minimum Gasteiger partial charge on any atom is -0.293 e. The quantitative estimate of drug-likeness (QED) is 0.777. The van der Waals surface area contributed by atoms with Gasteiger partial charge in [0.25, 0.3) is 0 Å². The van der Waals surface area contributed by atoms with Crippen molar-refractivity contribution in [3.05, 3.63) is 70.8 Å². The van der Waals surface area contributed by atoms with Gasteiger partial charge in [-0.2, -0.15) is 0 Å². The van der Waals surface area contributed by atoms with Crippen LogP contribution in [0.1, 0.15) is 28.7 Å². The summed E-state index contributed by atoms with van der Waals surface area (Å²) in [4.78, 5) is 4.80. The fraction of sp³-hybridized carbons (Fsp3) is 0.350. The Hall–Kier alpha value is -1.89. The van der Waals surface area contributed by atoms with Crippen LogP contribution in [0.25, 0.3) is 0 Å². The van der Waals surface area contributed by atoms with E-state index < -0.39 is 0 Å². The topological polar surface area (TPSA) is 12.4 Å². The van der Waals surface area contributed by atoms with E-state index in [0.717, 1.165) is 19.4 Å². The molecule has 0 aromatic heterocycles. The van der Waals surface area contributed by atoms with Crippen molar-refractivity contribution >= 4 is 5.71 Å². The zero-order chi connectivity index (χ0) is 14.7. The first-order valence-electron chi connectivity index (χ1n) is 7.86. The number of nitrogens with zero attached hydrogens (tertiary/aromatic N) is 1. The number of benzene rings is 2. The monoisotopic (exact) mass is 277 g/mol. The Labute approximate surface area is 127 Å². The SMILES string of the molecule is Cc1ccccc1CC1=NCCC1Cc1ccccc1C. The second-order valence-electron chi connectivity index (χ2n) is 6.09. The summed E-state index contributed by atoms with van der Waals surface area (Å²) in [6.45, 7) is 5.40. The number of hydrogen-bond acceptors (Lipinski definition) is 1. The van der Waals surface area contributed by atoms with Crippen molar-refractivity contribution in [2.45, 2.75) is 33.1 Å². The molecule has 3 rings (SSSR count). The van der Waals surface area contributed by atoms with Gasteiger partial charge in [0.15, 0.2) is 0 Å². The van der Waals surface area contributed by atoms with Gasteiger partial charge in [-0.05, 0) is 48.9 Å². The van der Waals surface area contributed by atoms with Crippen LogP contribution in [0.3, 0.4) is 0 Å². The molecule has 0 saturated heterocycles. The summed E-state index contributed by atoms with van der Waals surface area (Å²) in [6, 6.07) is 17.4. The molecule has 0 N–H and O–H groups in total. The lowest BCUT2D eigenvalue weighted by atomic mass is 9.88. The van der Waals surface area contributed by atoms with Gasteiger partial charge >= 0.3 is 0 Å². The molecule has 108 valence electrons. The van der Waals surface area contributed by atoms with Crippen LogP contribution in [-0.2, 0) is 12.8 Å². The second kappa shape index (κ2) is 6.26. The molecule has 1 heteroatoms. The molecule has 1 aliphatic heterocycles. The van der Waals surface area contributed by atoms with Crippen LogP contribution in [-0.4, -0.2) is 12.3 Å². The van der Waals surface area contributed by atoms with Gasteiger partial charge in [-0.25, -0.2) is 0 Å². The Balaban J connectivity index is 1.74. The van der Waals surface area contributed by atoms with Crippen LogP contribution < -0.4 is 0 Å². The number of aliphatic imine (C=N–C) groups is 1. The Morgan fingerprint density at radius 2 is 1.52 bits per heavy atom. The summed E-state index contributed by atoms with van der Waals surface area (Å²) < 4.78 is 0. The summed E-state index contributed by atoms with van der Waals surface area (Å²) in [5, 5.41) is 0. The second-order valence-corrected chi connectivity index (χ2v) is 6.09. The van der Waals surface area contributed by atoms with Crippen molar-refractivity contribution in [2.24, 2.45) is 10.9 Å². The summed E-state index contributed by atoms with van der Waals surface area (Å²) in [7, 11) is 0. The smallest absolute Gasteiger partial charge is 0.0395 e. The maximum Gasteiger partial charge on any atom is 0.0395 e. The summed E-state index contributed by atoms with van der Waals surface area (Å²) in [5.41, 5.74) is 7.07. The highest BCUT2D eigenvalue weighted by atomic mass is 14.8. The predicted octanol–water partition coefficient (Wildman–Crippen LogP) is 4.55. The van der Waals surface area contributed by atoms with E-state index in [1.165, 1.54) is 34.4 Å². The lowest BCUT2D eigenvalue weighted by molar-refractivity contribution is 0.667. The van der Waals surface area contributed by atoms with E-state index in [-0.39, 0.29) is 0 Å². The average Bonchev–Trinajstić information content (AvgIpc) is 2.91. The normalized spacial score (nSPS) is 17.8. The summed E-state index contributed by atoms with van der Waals surface area (Å²) >= 11 is 0. The van der Waals surface area contributed by atoms with Crippen LogP contribution in [0, 0.1) is 19.8 Å². The fourth-order valence-electron chi connectivity index (χ4n) is 3.19. The Kier molecular flexibility index (Phi) is 4.19. The van der Waals surface area contributed by atoms with E-state index in [0.29, 0.717) is 5.92 Å². The van der Waals surface area contributed by atoms with Gasteiger partial charge in [0, 0.05) is 24.6 Å². The summed E-state index contributed by atoms with van der Waals surface area (Å²) in [6.07, 6.45) is 3.36. The van der Waals surface area contributed by atoms with E-state index in [2.05, 4.69) is 62.4 Å². The fourth-order valence-corrected chi connectivity index (χ4v) is 3.19. The van der Waals surface area contributed by atoms with Crippen LogP contribution in [0.15, 0.2) is 53.5 Å². The Morgan fingerprint density at radius 3 is 2.19 bits per heavy atom. The molecule has 2 aromatic carbocycles. The molecule has 0 saturated carbocycles. The van der Waals surface area contributed by atoms with Crippen LogP contribution >= 0.6 is 0 Å². The van der Waals surface area contributed by atoms with E-state index in [4.69, 9.17) is 4.99 Å². The van der Waals surface area contributed by atoms with Gasteiger partial charge in [0.2, 0.25) is 0 Å². The Morgan fingerprint density at radius 1 is 0.905 bits per heavy atom. The van der Waals surface area contributed by atoms with Crippen molar-refractivity contribution in [1.82, 2.24) is 0 Å².